The van der Waals surface area contributed by atoms with Crippen LogP contribution in [0.2, 0.25) is 0 Å². The number of alkyl halides is 1. The summed E-state index contributed by atoms with van der Waals surface area (Å²) in [5.74, 6) is 1.64. The molecule has 3 nitrogen and oxygen atoms in total. The number of rotatable bonds is 6. The third-order valence-corrected chi connectivity index (χ3v) is 2.90. The van der Waals surface area contributed by atoms with E-state index in [0.717, 1.165) is 36.4 Å². The van der Waals surface area contributed by atoms with Crippen LogP contribution in [0.4, 0.5) is 0 Å². The largest absolute Gasteiger partial charge is 0.380 e. The fraction of sp³-hybridized carbons (Fsp3) is 0.462. The number of hydrogen-bond donors (Lipinski definition) is 0. The number of para-hydroxylation sites is 2. The summed E-state index contributed by atoms with van der Waals surface area (Å²) in [6.45, 7) is 4.30. The molecule has 0 atom stereocenters. The van der Waals surface area contributed by atoms with E-state index in [2.05, 4.69) is 15.6 Å². The first-order valence-corrected chi connectivity index (χ1v) is 6.48. The van der Waals surface area contributed by atoms with Crippen LogP contribution in [0.1, 0.15) is 12.7 Å². The third kappa shape index (κ3) is 3.37. The Morgan fingerprint density at radius 1 is 1.33 bits per heavy atom. The van der Waals surface area contributed by atoms with Gasteiger partial charge in [0.05, 0.1) is 17.6 Å². The van der Waals surface area contributed by atoms with Crippen LogP contribution >= 0.6 is 24.0 Å². The average Bonchev–Trinajstić information content (AvgIpc) is 2.69. The first-order chi connectivity index (χ1) is 8.36. The van der Waals surface area contributed by atoms with E-state index in [4.69, 9.17) is 16.3 Å². The van der Waals surface area contributed by atoms with E-state index in [-0.39, 0.29) is 12.4 Å². The lowest BCUT2D eigenvalue weighted by Crippen LogP contribution is -2.09. The molecule has 0 aliphatic rings. The van der Waals surface area contributed by atoms with Gasteiger partial charge in [0.15, 0.2) is 0 Å². The summed E-state index contributed by atoms with van der Waals surface area (Å²) in [6, 6.07) is 8.16. The number of imidazole rings is 1. The first-order valence-electron chi connectivity index (χ1n) is 5.94. The minimum absolute atomic E-state index is 0. The predicted octanol–water partition coefficient (Wildman–Crippen LogP) is 3.28. The molecule has 0 saturated heterocycles. The molecule has 0 spiro atoms. The molecule has 18 heavy (non-hydrogen) atoms. The molecule has 0 radical (unpaired) electrons. The van der Waals surface area contributed by atoms with Crippen LogP contribution in [0, 0.1) is 0 Å². The summed E-state index contributed by atoms with van der Waals surface area (Å²) in [5, 5.41) is 0. The van der Waals surface area contributed by atoms with Gasteiger partial charge in [0.25, 0.3) is 0 Å². The van der Waals surface area contributed by atoms with Gasteiger partial charge in [-0.05, 0) is 19.1 Å². The molecule has 1 aromatic heterocycles. The standard InChI is InChI=1S/C13H17ClN2O.ClH/c1-2-17-10-9-16-12-6-4-3-5-11(12)15-13(16)7-8-14;/h3-6H,2,7-10H2,1H3;1H. The Bertz CT molecular complexity index is 485. The molecule has 5 heteroatoms. The van der Waals surface area contributed by atoms with Gasteiger partial charge in [-0.25, -0.2) is 4.98 Å². The lowest BCUT2D eigenvalue weighted by Gasteiger charge is -2.08. The van der Waals surface area contributed by atoms with Gasteiger partial charge >= 0.3 is 0 Å². The van der Waals surface area contributed by atoms with E-state index in [1.54, 1.807) is 0 Å². The van der Waals surface area contributed by atoms with Crippen LogP contribution in [-0.4, -0.2) is 28.6 Å². The number of aromatic nitrogens is 2. The van der Waals surface area contributed by atoms with Crippen molar-refractivity contribution in [3.8, 4) is 0 Å². The monoisotopic (exact) mass is 288 g/mol. The number of ether oxygens (including phenoxy) is 1. The maximum absolute atomic E-state index is 5.81. The Hall–Kier alpha value is -0.770. The highest BCUT2D eigenvalue weighted by Gasteiger charge is 2.09. The van der Waals surface area contributed by atoms with Gasteiger partial charge < -0.3 is 9.30 Å². The van der Waals surface area contributed by atoms with Crippen molar-refractivity contribution in [3.05, 3.63) is 30.1 Å². The topological polar surface area (TPSA) is 27.1 Å². The van der Waals surface area contributed by atoms with Gasteiger partial charge in [-0.15, -0.1) is 24.0 Å². The van der Waals surface area contributed by atoms with Gasteiger partial charge in [0, 0.05) is 25.5 Å². The van der Waals surface area contributed by atoms with Gasteiger partial charge in [-0.2, -0.15) is 0 Å². The maximum Gasteiger partial charge on any atom is 0.111 e. The van der Waals surface area contributed by atoms with Gasteiger partial charge in [-0.1, -0.05) is 12.1 Å². The van der Waals surface area contributed by atoms with Crippen molar-refractivity contribution in [3.63, 3.8) is 0 Å². The molecule has 0 aliphatic carbocycles. The Labute approximate surface area is 119 Å². The summed E-state index contributed by atoms with van der Waals surface area (Å²) in [5.41, 5.74) is 2.19. The van der Waals surface area contributed by atoms with Crippen molar-refractivity contribution < 1.29 is 4.74 Å². The molecule has 0 amide bonds. The van der Waals surface area contributed by atoms with E-state index in [1.807, 2.05) is 25.1 Å². The molecule has 2 aromatic rings. The molecule has 0 fully saturated rings. The Morgan fingerprint density at radius 2 is 2.11 bits per heavy atom. The van der Waals surface area contributed by atoms with Gasteiger partial charge in [0.2, 0.25) is 0 Å². The van der Waals surface area contributed by atoms with Crippen molar-refractivity contribution in [2.24, 2.45) is 0 Å². The second kappa shape index (κ2) is 7.62. The summed E-state index contributed by atoms with van der Waals surface area (Å²) >= 11 is 5.81. The molecule has 1 aromatic carbocycles. The number of fused-ring (bicyclic) bond motifs is 1. The minimum atomic E-state index is 0. The average molecular weight is 289 g/mol. The van der Waals surface area contributed by atoms with E-state index in [0.29, 0.717) is 12.5 Å². The predicted molar refractivity (Wildman–Crippen MR) is 77.9 cm³/mol. The van der Waals surface area contributed by atoms with Crippen LogP contribution in [-0.2, 0) is 17.7 Å². The Morgan fingerprint density at radius 3 is 2.83 bits per heavy atom. The smallest absolute Gasteiger partial charge is 0.111 e. The van der Waals surface area contributed by atoms with E-state index in [9.17, 15) is 0 Å². The minimum Gasteiger partial charge on any atom is -0.380 e. The maximum atomic E-state index is 5.81. The molecule has 0 N–H and O–H groups in total. The van der Waals surface area contributed by atoms with Crippen LogP contribution in [0.3, 0.4) is 0 Å². The molecule has 1 heterocycles. The fourth-order valence-electron chi connectivity index (χ4n) is 1.95. The van der Waals surface area contributed by atoms with Crippen LogP contribution < -0.4 is 0 Å². The van der Waals surface area contributed by atoms with Crippen LogP contribution in [0.25, 0.3) is 11.0 Å². The number of benzene rings is 1. The third-order valence-electron chi connectivity index (χ3n) is 2.72. The van der Waals surface area contributed by atoms with Crippen molar-refractivity contribution in [2.45, 2.75) is 19.9 Å². The quantitative estimate of drug-likeness (QED) is 0.603. The highest BCUT2D eigenvalue weighted by atomic mass is 35.5. The molecular formula is C13H18Cl2N2O. The van der Waals surface area contributed by atoms with E-state index >= 15 is 0 Å². The summed E-state index contributed by atoms with van der Waals surface area (Å²) in [7, 11) is 0. The lowest BCUT2D eigenvalue weighted by atomic mass is 10.3. The molecule has 0 saturated carbocycles. The van der Waals surface area contributed by atoms with E-state index < -0.39 is 0 Å². The normalized spacial score (nSPS) is 10.6. The van der Waals surface area contributed by atoms with Crippen LogP contribution in [0.5, 0.6) is 0 Å². The molecule has 100 valence electrons. The number of nitrogens with zero attached hydrogens (tertiary/aromatic N) is 2. The number of halogens is 2. The lowest BCUT2D eigenvalue weighted by molar-refractivity contribution is 0.139. The van der Waals surface area contributed by atoms with Crippen molar-refractivity contribution >= 4 is 35.0 Å². The number of hydrogen-bond acceptors (Lipinski definition) is 2. The molecule has 0 bridgehead atoms. The summed E-state index contributed by atoms with van der Waals surface area (Å²) in [6.07, 6.45) is 0.794. The SMILES string of the molecule is CCOCCn1c(CCCl)nc2ccccc21.Cl. The van der Waals surface area contributed by atoms with Crippen molar-refractivity contribution in [1.29, 1.82) is 0 Å². The van der Waals surface area contributed by atoms with E-state index in [1.165, 1.54) is 0 Å². The summed E-state index contributed by atoms with van der Waals surface area (Å²) in [4.78, 5) is 4.60. The van der Waals surface area contributed by atoms with Gasteiger partial charge in [0.1, 0.15) is 5.82 Å². The highest BCUT2D eigenvalue weighted by molar-refractivity contribution is 6.17. The Balaban J connectivity index is 0.00000162. The van der Waals surface area contributed by atoms with Crippen LogP contribution in [0.15, 0.2) is 24.3 Å². The molecule has 0 unspecified atom stereocenters. The van der Waals surface area contributed by atoms with Crippen molar-refractivity contribution in [2.75, 3.05) is 19.1 Å². The zero-order valence-corrected chi connectivity index (χ0v) is 12.0. The second-order valence-corrected chi connectivity index (χ2v) is 4.18. The zero-order valence-electron chi connectivity index (χ0n) is 10.4. The molecule has 2 rings (SSSR count). The first kappa shape index (κ1) is 15.3. The Kier molecular flexibility index (Phi) is 6.47. The van der Waals surface area contributed by atoms with Crippen molar-refractivity contribution in [1.82, 2.24) is 9.55 Å². The zero-order chi connectivity index (χ0) is 12.1. The second-order valence-electron chi connectivity index (χ2n) is 3.80. The summed E-state index contributed by atoms with van der Waals surface area (Å²) < 4.78 is 7.61. The van der Waals surface area contributed by atoms with Gasteiger partial charge in [-0.3, -0.25) is 0 Å². The highest BCUT2D eigenvalue weighted by Crippen LogP contribution is 2.16. The molecular weight excluding hydrogens is 271 g/mol. The fourth-order valence-corrected chi connectivity index (χ4v) is 2.12. The number of aryl methyl sites for hydroxylation is 1. The molecule has 0 aliphatic heterocycles.